The Morgan fingerprint density at radius 2 is 2.00 bits per heavy atom. The van der Waals surface area contributed by atoms with Gasteiger partial charge in [0.15, 0.2) is 0 Å². The van der Waals surface area contributed by atoms with E-state index in [1.54, 1.807) is 0 Å². The van der Waals surface area contributed by atoms with Crippen molar-refractivity contribution >= 4 is 0 Å². The lowest BCUT2D eigenvalue weighted by Crippen LogP contribution is -2.48. The molecule has 0 amide bonds. The average Bonchev–Trinajstić information content (AvgIpc) is 2.93. The van der Waals surface area contributed by atoms with E-state index in [0.29, 0.717) is 18.2 Å². The molecule has 0 spiro atoms. The second kappa shape index (κ2) is 8.35. The number of hydrogen-bond donors (Lipinski definition) is 1. The van der Waals surface area contributed by atoms with Crippen molar-refractivity contribution in [2.24, 2.45) is 5.92 Å². The van der Waals surface area contributed by atoms with E-state index >= 15 is 0 Å². The fraction of sp³-hybridized carbons (Fsp3) is 1.00. The van der Waals surface area contributed by atoms with Gasteiger partial charge in [-0.25, -0.2) is 0 Å². The van der Waals surface area contributed by atoms with Gasteiger partial charge in [-0.3, -0.25) is 4.90 Å². The van der Waals surface area contributed by atoms with Crippen molar-refractivity contribution in [2.45, 2.75) is 77.5 Å². The Hall–Kier alpha value is -0.120. The molecule has 1 N–H and O–H groups in total. The SMILES string of the molecule is CCCC1CC(NCC(C(C)C)N2CCCC2)CCO1. The van der Waals surface area contributed by atoms with E-state index in [9.17, 15) is 0 Å². The van der Waals surface area contributed by atoms with Crippen molar-refractivity contribution in [1.29, 1.82) is 0 Å². The third kappa shape index (κ3) is 4.71. The summed E-state index contributed by atoms with van der Waals surface area (Å²) in [5, 5.41) is 3.85. The molecule has 3 unspecified atom stereocenters. The molecule has 2 heterocycles. The van der Waals surface area contributed by atoms with Gasteiger partial charge in [0.1, 0.15) is 0 Å². The molecule has 0 aromatic rings. The van der Waals surface area contributed by atoms with Crippen molar-refractivity contribution < 1.29 is 4.74 Å². The van der Waals surface area contributed by atoms with Crippen molar-refractivity contribution in [3.05, 3.63) is 0 Å². The molecule has 0 saturated carbocycles. The maximum atomic E-state index is 5.85. The fourth-order valence-corrected chi connectivity index (χ4v) is 3.74. The van der Waals surface area contributed by atoms with E-state index < -0.39 is 0 Å². The summed E-state index contributed by atoms with van der Waals surface area (Å²) < 4.78 is 5.85. The van der Waals surface area contributed by atoms with Crippen LogP contribution in [0.15, 0.2) is 0 Å². The van der Waals surface area contributed by atoms with E-state index in [1.807, 2.05) is 0 Å². The van der Waals surface area contributed by atoms with Crippen LogP contribution in [-0.2, 0) is 4.74 Å². The van der Waals surface area contributed by atoms with Crippen LogP contribution < -0.4 is 5.32 Å². The molecule has 0 aromatic heterocycles. The minimum atomic E-state index is 0.496. The Morgan fingerprint density at radius 1 is 1.25 bits per heavy atom. The third-order valence-corrected chi connectivity index (χ3v) is 4.97. The van der Waals surface area contributed by atoms with Crippen molar-refractivity contribution in [2.75, 3.05) is 26.2 Å². The molecule has 0 aliphatic carbocycles. The van der Waals surface area contributed by atoms with Crippen LogP contribution in [0.25, 0.3) is 0 Å². The second-order valence-electron chi connectivity index (χ2n) is 6.97. The lowest BCUT2D eigenvalue weighted by Gasteiger charge is -2.35. The van der Waals surface area contributed by atoms with Gasteiger partial charge in [-0.15, -0.1) is 0 Å². The maximum Gasteiger partial charge on any atom is 0.0589 e. The first kappa shape index (κ1) is 16.3. The van der Waals surface area contributed by atoms with Gasteiger partial charge in [0, 0.05) is 25.2 Å². The molecule has 2 aliphatic rings. The Morgan fingerprint density at radius 3 is 2.65 bits per heavy atom. The Bertz CT molecular complexity index is 262. The van der Waals surface area contributed by atoms with Crippen LogP contribution in [0.3, 0.4) is 0 Å². The molecule has 2 fully saturated rings. The van der Waals surface area contributed by atoms with Gasteiger partial charge in [-0.05, 0) is 51.1 Å². The van der Waals surface area contributed by atoms with E-state index in [-0.39, 0.29) is 0 Å². The minimum absolute atomic E-state index is 0.496. The predicted octanol–water partition coefficient (Wildman–Crippen LogP) is 3.04. The first-order chi connectivity index (χ1) is 9.70. The van der Waals surface area contributed by atoms with Gasteiger partial charge in [0.05, 0.1) is 6.10 Å². The minimum Gasteiger partial charge on any atom is -0.378 e. The smallest absolute Gasteiger partial charge is 0.0589 e. The monoisotopic (exact) mass is 282 g/mol. The van der Waals surface area contributed by atoms with Gasteiger partial charge < -0.3 is 10.1 Å². The van der Waals surface area contributed by atoms with Crippen LogP contribution in [0.1, 0.15) is 59.3 Å². The van der Waals surface area contributed by atoms with Gasteiger partial charge in [-0.2, -0.15) is 0 Å². The van der Waals surface area contributed by atoms with Crippen LogP contribution in [0.2, 0.25) is 0 Å². The first-order valence-corrected chi connectivity index (χ1v) is 8.79. The van der Waals surface area contributed by atoms with Crippen molar-refractivity contribution in [3.8, 4) is 0 Å². The summed E-state index contributed by atoms with van der Waals surface area (Å²) in [6.45, 7) is 11.7. The van der Waals surface area contributed by atoms with Crippen molar-refractivity contribution in [1.82, 2.24) is 10.2 Å². The molecule has 3 heteroatoms. The molecule has 0 radical (unpaired) electrons. The fourth-order valence-electron chi connectivity index (χ4n) is 3.74. The van der Waals surface area contributed by atoms with E-state index in [1.165, 1.54) is 51.6 Å². The van der Waals surface area contributed by atoms with Crippen LogP contribution >= 0.6 is 0 Å². The number of ether oxygens (including phenoxy) is 1. The van der Waals surface area contributed by atoms with Crippen LogP contribution in [0.5, 0.6) is 0 Å². The Labute approximate surface area is 125 Å². The molecular weight excluding hydrogens is 248 g/mol. The summed E-state index contributed by atoms with van der Waals surface area (Å²) in [5.74, 6) is 0.742. The highest BCUT2D eigenvalue weighted by Crippen LogP contribution is 2.20. The molecule has 3 atom stereocenters. The summed E-state index contributed by atoms with van der Waals surface area (Å²) >= 11 is 0. The molecule has 2 rings (SSSR count). The third-order valence-electron chi connectivity index (χ3n) is 4.97. The van der Waals surface area contributed by atoms with Gasteiger partial charge in [-0.1, -0.05) is 27.2 Å². The summed E-state index contributed by atoms with van der Waals surface area (Å²) in [6.07, 6.45) is 8.12. The summed E-state index contributed by atoms with van der Waals surface area (Å²) in [4.78, 5) is 2.69. The van der Waals surface area contributed by atoms with Crippen LogP contribution in [0.4, 0.5) is 0 Å². The lowest BCUT2D eigenvalue weighted by molar-refractivity contribution is -0.00456. The zero-order chi connectivity index (χ0) is 14.4. The average molecular weight is 282 g/mol. The standard InChI is InChI=1S/C17H34N2O/c1-4-7-16-12-15(8-11-20-16)18-13-17(14(2)3)19-9-5-6-10-19/h14-18H,4-13H2,1-3H3. The zero-order valence-electron chi connectivity index (χ0n) is 13.7. The van der Waals surface area contributed by atoms with E-state index in [0.717, 1.165) is 19.1 Å². The zero-order valence-corrected chi connectivity index (χ0v) is 13.7. The van der Waals surface area contributed by atoms with E-state index in [2.05, 4.69) is 31.0 Å². The number of rotatable bonds is 7. The molecular formula is C17H34N2O. The molecule has 118 valence electrons. The number of likely N-dealkylation sites (tertiary alicyclic amines) is 1. The normalized spacial score (nSPS) is 30.0. The second-order valence-corrected chi connectivity index (χ2v) is 6.97. The van der Waals surface area contributed by atoms with Crippen LogP contribution in [0, 0.1) is 5.92 Å². The maximum absolute atomic E-state index is 5.85. The number of nitrogens with one attached hydrogen (secondary N) is 1. The van der Waals surface area contributed by atoms with Crippen molar-refractivity contribution in [3.63, 3.8) is 0 Å². The molecule has 2 saturated heterocycles. The number of nitrogens with zero attached hydrogens (tertiary/aromatic N) is 1. The molecule has 2 aliphatic heterocycles. The Balaban J connectivity index is 1.76. The van der Waals surface area contributed by atoms with Gasteiger partial charge in [0.2, 0.25) is 0 Å². The highest BCUT2D eigenvalue weighted by Gasteiger charge is 2.27. The molecule has 3 nitrogen and oxygen atoms in total. The van der Waals surface area contributed by atoms with Gasteiger partial charge >= 0.3 is 0 Å². The Kier molecular flexibility index (Phi) is 6.79. The molecule has 20 heavy (non-hydrogen) atoms. The largest absolute Gasteiger partial charge is 0.378 e. The summed E-state index contributed by atoms with van der Waals surface area (Å²) in [5.41, 5.74) is 0. The lowest BCUT2D eigenvalue weighted by atomic mass is 9.98. The first-order valence-electron chi connectivity index (χ1n) is 8.79. The summed E-state index contributed by atoms with van der Waals surface area (Å²) in [7, 11) is 0. The predicted molar refractivity (Wildman–Crippen MR) is 85.1 cm³/mol. The molecule has 0 aromatic carbocycles. The number of hydrogen-bond acceptors (Lipinski definition) is 3. The quantitative estimate of drug-likeness (QED) is 0.777. The highest BCUT2D eigenvalue weighted by molar-refractivity contribution is 4.84. The molecule has 0 bridgehead atoms. The highest BCUT2D eigenvalue weighted by atomic mass is 16.5. The topological polar surface area (TPSA) is 24.5 Å². The summed E-state index contributed by atoms with van der Waals surface area (Å²) in [6, 6.07) is 1.38. The van der Waals surface area contributed by atoms with Gasteiger partial charge in [0.25, 0.3) is 0 Å². The van der Waals surface area contributed by atoms with E-state index in [4.69, 9.17) is 4.74 Å². The van der Waals surface area contributed by atoms with Crippen LogP contribution in [-0.4, -0.2) is 49.3 Å².